The lowest BCUT2D eigenvalue weighted by Gasteiger charge is -2.26. The summed E-state index contributed by atoms with van der Waals surface area (Å²) in [5, 5.41) is 21.8. The number of pyridine rings is 2. The van der Waals surface area contributed by atoms with Crippen LogP contribution in [0.4, 0.5) is 0 Å². The first-order valence-corrected chi connectivity index (χ1v) is 9.02. The van der Waals surface area contributed by atoms with Gasteiger partial charge >= 0.3 is 5.97 Å². The van der Waals surface area contributed by atoms with Crippen LogP contribution in [0.2, 0.25) is 0 Å². The van der Waals surface area contributed by atoms with Gasteiger partial charge in [0.1, 0.15) is 0 Å². The van der Waals surface area contributed by atoms with Gasteiger partial charge in [-0.25, -0.2) is 9.78 Å². The number of para-hydroxylation sites is 1. The van der Waals surface area contributed by atoms with Crippen LogP contribution in [0.5, 0.6) is 0 Å². The fourth-order valence-corrected chi connectivity index (χ4v) is 3.85. The van der Waals surface area contributed by atoms with Crippen LogP contribution in [0.25, 0.3) is 22.3 Å². The summed E-state index contributed by atoms with van der Waals surface area (Å²) in [6.07, 6.45) is -0.00638. The summed E-state index contributed by atoms with van der Waals surface area (Å²) < 4.78 is 6.26. The topological polar surface area (TPSA) is 102 Å². The number of hydrogen-bond acceptors (Lipinski definition) is 6. The van der Waals surface area contributed by atoms with E-state index in [0.717, 1.165) is 16.5 Å². The average molecular weight is 380 g/mol. The molecule has 0 amide bonds. The van der Waals surface area contributed by atoms with Crippen LogP contribution < -0.4 is 5.56 Å². The lowest BCUT2D eigenvalue weighted by molar-refractivity contribution is -0.164. The molecular formula is C21H20N2O5. The molecule has 4 rings (SSSR count). The maximum absolute atomic E-state index is 13.1. The van der Waals surface area contributed by atoms with Gasteiger partial charge in [-0.3, -0.25) is 4.79 Å². The number of benzene rings is 1. The van der Waals surface area contributed by atoms with E-state index in [9.17, 15) is 19.8 Å². The highest BCUT2D eigenvalue weighted by molar-refractivity contribution is 5.85. The molecule has 0 saturated carbocycles. The number of aliphatic hydroxyl groups is 2. The fourth-order valence-electron chi connectivity index (χ4n) is 3.85. The zero-order valence-corrected chi connectivity index (χ0v) is 15.6. The van der Waals surface area contributed by atoms with Gasteiger partial charge in [-0.15, -0.1) is 0 Å². The highest BCUT2D eigenvalue weighted by Crippen LogP contribution is 2.36. The van der Waals surface area contributed by atoms with Crippen molar-refractivity contribution in [2.24, 2.45) is 0 Å². The van der Waals surface area contributed by atoms with Gasteiger partial charge in [-0.05, 0) is 24.6 Å². The van der Waals surface area contributed by atoms with Crippen LogP contribution in [0.3, 0.4) is 0 Å². The van der Waals surface area contributed by atoms with E-state index in [1.807, 2.05) is 30.3 Å². The predicted molar refractivity (Wildman–Crippen MR) is 103 cm³/mol. The van der Waals surface area contributed by atoms with Gasteiger partial charge in [0, 0.05) is 22.1 Å². The van der Waals surface area contributed by atoms with Crippen molar-refractivity contribution in [1.82, 2.24) is 9.55 Å². The minimum atomic E-state index is -2.03. The largest absolute Gasteiger partial charge is 0.467 e. The minimum Gasteiger partial charge on any atom is -0.467 e. The monoisotopic (exact) mass is 380 g/mol. The zero-order chi connectivity index (χ0) is 20.1. The summed E-state index contributed by atoms with van der Waals surface area (Å²) in [7, 11) is 1.17. The smallest absolute Gasteiger partial charge is 0.342 e. The Hall–Kier alpha value is -3.03. The Balaban J connectivity index is 2.02. The van der Waals surface area contributed by atoms with Crippen molar-refractivity contribution in [2.45, 2.75) is 32.1 Å². The van der Waals surface area contributed by atoms with Crippen LogP contribution in [0, 0.1) is 0 Å². The Bertz CT molecular complexity index is 1170. The SMILES string of the molecule is CC[C@@](O)(C(=O)OC)c1cc2n(c(=O)c1CO)Cc1cc3ccccc3nc1-2. The molecule has 7 heteroatoms. The standard InChI is InChI=1S/C21H20N2O5/c1-3-21(27,20(26)28-2)15-9-17-18-13(10-23(17)19(25)14(15)11-24)8-12-6-4-5-7-16(12)22-18/h4-9,24,27H,3,10-11H2,1-2H3/t21-/m0/s1. The van der Waals surface area contributed by atoms with Crippen molar-refractivity contribution >= 4 is 16.9 Å². The normalized spacial score (nSPS) is 14.4. The van der Waals surface area contributed by atoms with Gasteiger partial charge in [0.2, 0.25) is 0 Å². The van der Waals surface area contributed by atoms with Gasteiger partial charge in [0.05, 0.1) is 37.2 Å². The molecule has 0 radical (unpaired) electrons. The maximum atomic E-state index is 13.1. The quantitative estimate of drug-likeness (QED) is 0.523. The number of nitrogens with zero attached hydrogens (tertiary/aromatic N) is 2. The fraction of sp³-hybridized carbons (Fsp3) is 0.286. The van der Waals surface area contributed by atoms with Crippen molar-refractivity contribution in [3.05, 3.63) is 63.4 Å². The molecule has 1 aliphatic rings. The van der Waals surface area contributed by atoms with E-state index in [1.54, 1.807) is 13.0 Å². The zero-order valence-electron chi connectivity index (χ0n) is 15.6. The van der Waals surface area contributed by atoms with Crippen LogP contribution in [0.15, 0.2) is 41.2 Å². The minimum absolute atomic E-state index is 0.00638. The van der Waals surface area contributed by atoms with E-state index >= 15 is 0 Å². The summed E-state index contributed by atoms with van der Waals surface area (Å²) in [5.41, 5.74) is 0.357. The highest BCUT2D eigenvalue weighted by atomic mass is 16.5. The van der Waals surface area contributed by atoms with Gasteiger partial charge in [-0.1, -0.05) is 25.1 Å². The number of hydrogen-bond donors (Lipinski definition) is 2. The lowest BCUT2D eigenvalue weighted by Crippen LogP contribution is -2.40. The number of carbonyl (C=O) groups excluding carboxylic acids is 1. The third kappa shape index (κ3) is 2.47. The molecule has 1 atom stereocenters. The lowest BCUT2D eigenvalue weighted by atomic mass is 9.87. The number of carbonyl (C=O) groups is 1. The third-order valence-electron chi connectivity index (χ3n) is 5.41. The molecular weight excluding hydrogens is 360 g/mol. The van der Waals surface area contributed by atoms with Gasteiger partial charge < -0.3 is 19.5 Å². The van der Waals surface area contributed by atoms with Crippen LogP contribution in [-0.2, 0) is 28.3 Å². The number of aromatic nitrogens is 2. The second kappa shape index (κ2) is 6.54. The Kier molecular flexibility index (Phi) is 4.28. The van der Waals surface area contributed by atoms with Crippen molar-refractivity contribution in [3.63, 3.8) is 0 Å². The van der Waals surface area contributed by atoms with E-state index < -0.39 is 23.7 Å². The molecule has 144 valence electrons. The number of ether oxygens (including phenoxy) is 1. The van der Waals surface area contributed by atoms with Crippen molar-refractivity contribution in [2.75, 3.05) is 7.11 Å². The number of rotatable bonds is 4. The van der Waals surface area contributed by atoms with E-state index in [0.29, 0.717) is 17.9 Å². The Morgan fingerprint density at radius 3 is 2.75 bits per heavy atom. The summed E-state index contributed by atoms with van der Waals surface area (Å²) >= 11 is 0. The molecule has 0 fully saturated rings. The van der Waals surface area contributed by atoms with E-state index in [1.165, 1.54) is 11.7 Å². The van der Waals surface area contributed by atoms with E-state index in [2.05, 4.69) is 4.98 Å². The summed E-state index contributed by atoms with van der Waals surface area (Å²) in [6.45, 7) is 1.33. The van der Waals surface area contributed by atoms with Gasteiger partial charge in [-0.2, -0.15) is 0 Å². The van der Waals surface area contributed by atoms with Crippen LogP contribution >= 0.6 is 0 Å². The Morgan fingerprint density at radius 1 is 1.32 bits per heavy atom. The summed E-state index contributed by atoms with van der Waals surface area (Å²) in [4.78, 5) is 30.0. The number of aliphatic hydroxyl groups excluding tert-OH is 1. The third-order valence-corrected chi connectivity index (χ3v) is 5.41. The molecule has 3 heterocycles. The molecule has 0 aliphatic carbocycles. The van der Waals surface area contributed by atoms with Gasteiger partial charge in [0.25, 0.3) is 5.56 Å². The van der Waals surface area contributed by atoms with Crippen LogP contribution in [-0.4, -0.2) is 32.8 Å². The second-order valence-electron chi connectivity index (χ2n) is 6.87. The van der Waals surface area contributed by atoms with Crippen molar-refractivity contribution < 1.29 is 19.7 Å². The Labute approximate surface area is 160 Å². The number of fused-ring (bicyclic) bond motifs is 4. The number of methoxy groups -OCH3 is 1. The molecule has 0 saturated heterocycles. The van der Waals surface area contributed by atoms with Crippen molar-refractivity contribution in [3.8, 4) is 11.4 Å². The molecule has 3 aromatic rings. The molecule has 0 unspecified atom stereocenters. The summed E-state index contributed by atoms with van der Waals surface area (Å²) in [6, 6.07) is 11.2. The molecule has 2 N–H and O–H groups in total. The molecule has 0 spiro atoms. The molecule has 2 aromatic heterocycles. The van der Waals surface area contributed by atoms with Gasteiger partial charge in [0.15, 0.2) is 5.60 Å². The van der Waals surface area contributed by atoms with Crippen LogP contribution in [0.1, 0.15) is 30.0 Å². The second-order valence-corrected chi connectivity index (χ2v) is 6.87. The molecule has 0 bridgehead atoms. The Morgan fingerprint density at radius 2 is 2.07 bits per heavy atom. The molecule has 7 nitrogen and oxygen atoms in total. The predicted octanol–water partition coefficient (Wildman–Crippen LogP) is 1.69. The van der Waals surface area contributed by atoms with Crippen molar-refractivity contribution in [1.29, 1.82) is 0 Å². The van der Waals surface area contributed by atoms with E-state index in [-0.39, 0.29) is 17.5 Å². The summed E-state index contributed by atoms with van der Waals surface area (Å²) in [5.74, 6) is -0.876. The first-order chi connectivity index (χ1) is 13.4. The first kappa shape index (κ1) is 18.3. The van der Waals surface area contributed by atoms with E-state index in [4.69, 9.17) is 4.74 Å². The first-order valence-electron chi connectivity index (χ1n) is 9.02. The average Bonchev–Trinajstić information content (AvgIpc) is 3.08. The molecule has 1 aliphatic heterocycles. The molecule has 28 heavy (non-hydrogen) atoms. The number of esters is 1. The molecule has 1 aromatic carbocycles. The highest BCUT2D eigenvalue weighted by Gasteiger charge is 2.41. The maximum Gasteiger partial charge on any atom is 0.342 e.